The van der Waals surface area contributed by atoms with Crippen molar-refractivity contribution in [2.75, 3.05) is 31.6 Å². The van der Waals surface area contributed by atoms with Crippen LogP contribution in [0.25, 0.3) is 0 Å². The van der Waals surface area contributed by atoms with E-state index in [1.165, 1.54) is 22.4 Å². The number of amides is 1. The van der Waals surface area contributed by atoms with Crippen LogP contribution >= 0.6 is 0 Å². The monoisotopic (exact) mass is 246 g/mol. The lowest BCUT2D eigenvalue weighted by molar-refractivity contribution is -0.127. The summed E-state index contributed by atoms with van der Waals surface area (Å²) in [5, 5.41) is 0. The minimum Gasteiger partial charge on any atom is -0.362 e. The van der Waals surface area contributed by atoms with E-state index in [0.29, 0.717) is 6.54 Å². The van der Waals surface area contributed by atoms with E-state index in [9.17, 15) is 4.79 Å². The van der Waals surface area contributed by atoms with Gasteiger partial charge in [0, 0.05) is 25.8 Å². The Kier molecular flexibility index (Phi) is 3.60. The summed E-state index contributed by atoms with van der Waals surface area (Å²) in [5.74, 6) is 0.215. The van der Waals surface area contributed by atoms with Crippen molar-refractivity contribution in [1.29, 1.82) is 0 Å². The molecule has 0 aliphatic carbocycles. The summed E-state index contributed by atoms with van der Waals surface area (Å²) < 4.78 is 0. The summed E-state index contributed by atoms with van der Waals surface area (Å²) in [6.07, 6.45) is 1.04. The van der Waals surface area contributed by atoms with Crippen molar-refractivity contribution in [3.8, 4) is 0 Å². The van der Waals surface area contributed by atoms with Gasteiger partial charge >= 0.3 is 0 Å². The number of hydrogen-bond acceptors (Lipinski definition) is 2. The van der Waals surface area contributed by atoms with E-state index in [-0.39, 0.29) is 5.91 Å². The first-order valence-electron chi connectivity index (χ1n) is 6.56. The van der Waals surface area contributed by atoms with Gasteiger partial charge in [0.25, 0.3) is 0 Å². The van der Waals surface area contributed by atoms with Gasteiger partial charge in [0.05, 0.1) is 6.54 Å². The third-order valence-corrected chi connectivity index (χ3v) is 3.63. The molecule has 0 saturated carbocycles. The van der Waals surface area contributed by atoms with Gasteiger partial charge in [-0.3, -0.25) is 4.79 Å². The van der Waals surface area contributed by atoms with Gasteiger partial charge in [0.15, 0.2) is 0 Å². The number of hydrogen-bond donors (Lipinski definition) is 0. The Hall–Kier alpha value is -1.51. The van der Waals surface area contributed by atoms with E-state index < -0.39 is 0 Å². The Bertz CT molecular complexity index is 445. The van der Waals surface area contributed by atoms with Gasteiger partial charge in [-0.25, -0.2) is 0 Å². The zero-order valence-corrected chi connectivity index (χ0v) is 11.8. The number of carbonyl (C=O) groups is 1. The van der Waals surface area contributed by atoms with Gasteiger partial charge in [-0.2, -0.15) is 0 Å². The lowest BCUT2D eigenvalue weighted by atomic mass is 10.0. The van der Waals surface area contributed by atoms with Crippen molar-refractivity contribution in [2.45, 2.75) is 27.2 Å². The first kappa shape index (κ1) is 12.9. The molecule has 2 rings (SSSR count). The summed E-state index contributed by atoms with van der Waals surface area (Å²) >= 11 is 0. The quantitative estimate of drug-likeness (QED) is 0.759. The second kappa shape index (κ2) is 5.01. The van der Waals surface area contributed by atoms with Crippen molar-refractivity contribution in [1.82, 2.24) is 4.90 Å². The SMILES string of the molecule is Cc1cc(C)c(N2CCCN(C)C(=O)C2)c(C)c1. The van der Waals surface area contributed by atoms with Crippen molar-refractivity contribution in [3.63, 3.8) is 0 Å². The van der Waals surface area contributed by atoms with Crippen LogP contribution in [0.15, 0.2) is 12.1 Å². The largest absolute Gasteiger partial charge is 0.362 e. The predicted octanol–water partition coefficient (Wildman–Crippen LogP) is 2.28. The van der Waals surface area contributed by atoms with E-state index in [1.807, 2.05) is 11.9 Å². The molecule has 18 heavy (non-hydrogen) atoms. The summed E-state index contributed by atoms with van der Waals surface area (Å²) in [6, 6.07) is 4.39. The predicted molar refractivity (Wildman–Crippen MR) is 75.1 cm³/mol. The van der Waals surface area contributed by atoms with Crippen molar-refractivity contribution in [3.05, 3.63) is 28.8 Å². The molecule has 3 heteroatoms. The number of likely N-dealkylation sites (N-methyl/N-ethyl adjacent to an activating group) is 1. The molecule has 1 fully saturated rings. The number of aryl methyl sites for hydroxylation is 3. The molecule has 1 aromatic rings. The molecule has 0 N–H and O–H groups in total. The van der Waals surface area contributed by atoms with E-state index in [2.05, 4.69) is 37.8 Å². The zero-order chi connectivity index (χ0) is 13.3. The Balaban J connectivity index is 2.34. The molecule has 0 spiro atoms. The molecule has 1 heterocycles. The molecule has 3 nitrogen and oxygen atoms in total. The molecule has 0 radical (unpaired) electrons. The summed E-state index contributed by atoms with van der Waals surface area (Å²) in [4.78, 5) is 16.0. The van der Waals surface area contributed by atoms with Crippen LogP contribution in [0.3, 0.4) is 0 Å². The minimum absolute atomic E-state index is 0.215. The summed E-state index contributed by atoms with van der Waals surface area (Å²) in [5.41, 5.74) is 5.06. The molecule has 0 unspecified atom stereocenters. The fraction of sp³-hybridized carbons (Fsp3) is 0.533. The molecule has 1 aliphatic heterocycles. The summed E-state index contributed by atoms with van der Waals surface area (Å²) in [7, 11) is 1.89. The van der Waals surface area contributed by atoms with Crippen LogP contribution in [0.2, 0.25) is 0 Å². The molecule has 0 aromatic heterocycles. The average molecular weight is 246 g/mol. The molecular weight excluding hydrogens is 224 g/mol. The topological polar surface area (TPSA) is 23.6 Å². The molecular formula is C15H22N2O. The average Bonchev–Trinajstić information content (AvgIpc) is 2.40. The van der Waals surface area contributed by atoms with Crippen molar-refractivity contribution in [2.24, 2.45) is 0 Å². The molecule has 0 bridgehead atoms. The first-order valence-corrected chi connectivity index (χ1v) is 6.56. The molecule has 0 atom stereocenters. The van der Waals surface area contributed by atoms with E-state index in [4.69, 9.17) is 0 Å². The number of benzene rings is 1. The highest BCUT2D eigenvalue weighted by Crippen LogP contribution is 2.27. The fourth-order valence-corrected chi connectivity index (χ4v) is 2.85. The Morgan fingerprint density at radius 3 is 2.28 bits per heavy atom. The number of anilines is 1. The zero-order valence-electron chi connectivity index (χ0n) is 11.8. The maximum atomic E-state index is 12.0. The third-order valence-electron chi connectivity index (χ3n) is 3.63. The maximum absolute atomic E-state index is 12.0. The Morgan fingerprint density at radius 1 is 1.06 bits per heavy atom. The molecule has 1 aliphatic rings. The van der Waals surface area contributed by atoms with E-state index in [1.54, 1.807) is 0 Å². The van der Waals surface area contributed by atoms with Gasteiger partial charge in [-0.15, -0.1) is 0 Å². The number of nitrogens with zero attached hydrogens (tertiary/aromatic N) is 2. The maximum Gasteiger partial charge on any atom is 0.241 e. The highest BCUT2D eigenvalue weighted by atomic mass is 16.2. The van der Waals surface area contributed by atoms with Gasteiger partial charge in [0.1, 0.15) is 0 Å². The van der Waals surface area contributed by atoms with Gasteiger partial charge in [-0.1, -0.05) is 17.7 Å². The first-order chi connectivity index (χ1) is 8.49. The highest BCUT2D eigenvalue weighted by Gasteiger charge is 2.21. The minimum atomic E-state index is 0.215. The smallest absolute Gasteiger partial charge is 0.241 e. The lowest BCUT2D eigenvalue weighted by Crippen LogP contribution is -2.35. The molecule has 1 amide bonds. The van der Waals surface area contributed by atoms with Gasteiger partial charge in [0.2, 0.25) is 5.91 Å². The van der Waals surface area contributed by atoms with E-state index in [0.717, 1.165) is 19.5 Å². The van der Waals surface area contributed by atoms with Crippen molar-refractivity contribution >= 4 is 11.6 Å². The van der Waals surface area contributed by atoms with Gasteiger partial charge < -0.3 is 9.80 Å². The Morgan fingerprint density at radius 2 is 1.67 bits per heavy atom. The molecule has 1 aromatic carbocycles. The fourth-order valence-electron chi connectivity index (χ4n) is 2.85. The molecule has 98 valence electrons. The third kappa shape index (κ3) is 2.50. The molecule has 1 saturated heterocycles. The number of rotatable bonds is 1. The second-order valence-corrected chi connectivity index (χ2v) is 5.34. The van der Waals surface area contributed by atoms with E-state index >= 15 is 0 Å². The normalized spacial score (nSPS) is 17.0. The van der Waals surface area contributed by atoms with Crippen LogP contribution in [0.5, 0.6) is 0 Å². The lowest BCUT2D eigenvalue weighted by Gasteiger charge is -2.26. The van der Waals surface area contributed by atoms with Gasteiger partial charge in [-0.05, 0) is 38.3 Å². The van der Waals surface area contributed by atoms with Crippen LogP contribution in [0.4, 0.5) is 5.69 Å². The van der Waals surface area contributed by atoms with Crippen LogP contribution in [-0.4, -0.2) is 37.5 Å². The Labute approximate surface area is 109 Å². The second-order valence-electron chi connectivity index (χ2n) is 5.34. The van der Waals surface area contributed by atoms with Crippen molar-refractivity contribution < 1.29 is 4.79 Å². The summed E-state index contributed by atoms with van der Waals surface area (Å²) in [6.45, 7) is 8.70. The van der Waals surface area contributed by atoms with Crippen LogP contribution in [0.1, 0.15) is 23.1 Å². The van der Waals surface area contributed by atoms with Crippen LogP contribution in [-0.2, 0) is 4.79 Å². The highest BCUT2D eigenvalue weighted by molar-refractivity contribution is 5.82. The van der Waals surface area contributed by atoms with Crippen LogP contribution in [0, 0.1) is 20.8 Å². The van der Waals surface area contributed by atoms with Crippen LogP contribution < -0.4 is 4.90 Å². The number of carbonyl (C=O) groups excluding carboxylic acids is 1. The standard InChI is InChI=1S/C15H22N2O/c1-11-8-12(2)15(13(3)9-11)17-7-5-6-16(4)14(18)10-17/h8-9H,5-7,10H2,1-4H3.